The molecule has 0 unspecified atom stereocenters. The molecular formula is C11H13BrO2. The van der Waals surface area contributed by atoms with E-state index in [4.69, 9.17) is 9.47 Å². The van der Waals surface area contributed by atoms with Crippen LogP contribution in [0.2, 0.25) is 0 Å². The van der Waals surface area contributed by atoms with E-state index in [1.165, 1.54) is 18.4 Å². The van der Waals surface area contributed by atoms with Gasteiger partial charge in [-0.1, -0.05) is 22.0 Å². The number of unbranched alkanes of at least 4 members (excludes halogenated alkanes) is 1. The molecule has 0 fully saturated rings. The van der Waals surface area contributed by atoms with Crippen molar-refractivity contribution < 1.29 is 9.47 Å². The Morgan fingerprint density at radius 1 is 1.14 bits per heavy atom. The first-order chi connectivity index (χ1) is 6.90. The van der Waals surface area contributed by atoms with Crippen LogP contribution in [0.4, 0.5) is 0 Å². The molecule has 0 atom stereocenters. The Bertz CT molecular complexity index is 312. The highest BCUT2D eigenvalue weighted by atomic mass is 79.9. The summed E-state index contributed by atoms with van der Waals surface area (Å²) in [5, 5.41) is 1.08. The Balaban J connectivity index is 1.98. The largest absolute Gasteiger partial charge is 0.454 e. The van der Waals surface area contributed by atoms with E-state index in [0.717, 1.165) is 23.2 Å². The lowest BCUT2D eigenvalue weighted by molar-refractivity contribution is 0.174. The van der Waals surface area contributed by atoms with Crippen LogP contribution in [0.25, 0.3) is 0 Å². The van der Waals surface area contributed by atoms with Gasteiger partial charge >= 0.3 is 0 Å². The van der Waals surface area contributed by atoms with Crippen molar-refractivity contribution in [3.8, 4) is 11.5 Å². The van der Waals surface area contributed by atoms with E-state index in [0.29, 0.717) is 6.79 Å². The molecule has 0 spiro atoms. The van der Waals surface area contributed by atoms with Crippen molar-refractivity contribution in [2.75, 3.05) is 12.1 Å². The van der Waals surface area contributed by atoms with Crippen molar-refractivity contribution in [2.45, 2.75) is 19.3 Å². The van der Waals surface area contributed by atoms with Gasteiger partial charge in [0.05, 0.1) is 0 Å². The summed E-state index contributed by atoms with van der Waals surface area (Å²) in [7, 11) is 0. The first-order valence-corrected chi connectivity index (χ1v) is 5.97. The molecule has 0 aromatic heterocycles. The second-order valence-electron chi connectivity index (χ2n) is 3.33. The molecule has 0 radical (unpaired) electrons. The van der Waals surface area contributed by atoms with Crippen LogP contribution in [0.1, 0.15) is 18.4 Å². The van der Waals surface area contributed by atoms with Crippen LogP contribution in [0.5, 0.6) is 11.5 Å². The second kappa shape index (κ2) is 4.69. The number of alkyl halides is 1. The number of rotatable bonds is 4. The molecule has 0 saturated carbocycles. The summed E-state index contributed by atoms with van der Waals surface area (Å²) in [5.74, 6) is 1.76. The van der Waals surface area contributed by atoms with E-state index < -0.39 is 0 Å². The smallest absolute Gasteiger partial charge is 0.231 e. The number of hydrogen-bond donors (Lipinski definition) is 0. The molecule has 0 aliphatic carbocycles. The maximum Gasteiger partial charge on any atom is 0.231 e. The predicted octanol–water partition coefficient (Wildman–Crippen LogP) is 3.13. The zero-order valence-corrected chi connectivity index (χ0v) is 9.55. The molecule has 0 N–H and O–H groups in total. The molecule has 1 aliphatic heterocycles. The average molecular weight is 257 g/mol. The van der Waals surface area contributed by atoms with Gasteiger partial charge in [0.1, 0.15) is 0 Å². The molecule has 3 heteroatoms. The van der Waals surface area contributed by atoms with Crippen molar-refractivity contribution in [3.63, 3.8) is 0 Å². The Morgan fingerprint density at radius 2 is 2.00 bits per heavy atom. The summed E-state index contributed by atoms with van der Waals surface area (Å²) >= 11 is 3.43. The summed E-state index contributed by atoms with van der Waals surface area (Å²) in [6.07, 6.45) is 3.54. The summed E-state index contributed by atoms with van der Waals surface area (Å²) in [4.78, 5) is 0. The fourth-order valence-corrected chi connectivity index (χ4v) is 1.92. The molecule has 1 aliphatic rings. The van der Waals surface area contributed by atoms with E-state index in [2.05, 4.69) is 28.1 Å². The SMILES string of the molecule is BrCCCCc1ccc2c(c1)OCO2. The van der Waals surface area contributed by atoms with Crippen LogP contribution in [0, 0.1) is 0 Å². The van der Waals surface area contributed by atoms with E-state index in [1.54, 1.807) is 0 Å². The monoisotopic (exact) mass is 256 g/mol. The number of fused-ring (bicyclic) bond motifs is 1. The van der Waals surface area contributed by atoms with Gasteiger partial charge in [0.25, 0.3) is 0 Å². The second-order valence-corrected chi connectivity index (χ2v) is 4.13. The van der Waals surface area contributed by atoms with Crippen molar-refractivity contribution >= 4 is 15.9 Å². The average Bonchev–Trinajstić information content (AvgIpc) is 2.65. The lowest BCUT2D eigenvalue weighted by Crippen LogP contribution is -1.93. The molecule has 1 aromatic carbocycles. The van der Waals surface area contributed by atoms with Crippen molar-refractivity contribution in [1.82, 2.24) is 0 Å². The Hall–Kier alpha value is -0.700. The maximum atomic E-state index is 5.31. The van der Waals surface area contributed by atoms with Gasteiger partial charge in [0, 0.05) is 5.33 Å². The lowest BCUT2D eigenvalue weighted by atomic mass is 10.1. The number of aryl methyl sites for hydroxylation is 1. The quantitative estimate of drug-likeness (QED) is 0.609. The maximum absolute atomic E-state index is 5.31. The van der Waals surface area contributed by atoms with Gasteiger partial charge in [0.15, 0.2) is 11.5 Å². The van der Waals surface area contributed by atoms with Crippen molar-refractivity contribution in [1.29, 1.82) is 0 Å². The van der Waals surface area contributed by atoms with Gasteiger partial charge in [-0.05, 0) is 37.0 Å². The molecule has 2 rings (SSSR count). The third-order valence-electron chi connectivity index (χ3n) is 2.29. The van der Waals surface area contributed by atoms with Crippen LogP contribution in [0.3, 0.4) is 0 Å². The van der Waals surface area contributed by atoms with Crippen LogP contribution in [0.15, 0.2) is 18.2 Å². The number of hydrogen-bond acceptors (Lipinski definition) is 2. The molecule has 14 heavy (non-hydrogen) atoms. The van der Waals surface area contributed by atoms with Gasteiger partial charge < -0.3 is 9.47 Å². The molecule has 0 saturated heterocycles. The third-order valence-corrected chi connectivity index (χ3v) is 2.85. The van der Waals surface area contributed by atoms with Crippen molar-refractivity contribution in [2.24, 2.45) is 0 Å². The van der Waals surface area contributed by atoms with Crippen LogP contribution in [-0.4, -0.2) is 12.1 Å². The van der Waals surface area contributed by atoms with Crippen LogP contribution in [-0.2, 0) is 6.42 Å². The summed E-state index contributed by atoms with van der Waals surface area (Å²) < 4.78 is 10.6. The Morgan fingerprint density at radius 3 is 2.86 bits per heavy atom. The van der Waals surface area contributed by atoms with Crippen molar-refractivity contribution in [3.05, 3.63) is 23.8 Å². The molecule has 2 nitrogen and oxygen atoms in total. The van der Waals surface area contributed by atoms with E-state index in [9.17, 15) is 0 Å². The first-order valence-electron chi connectivity index (χ1n) is 4.84. The number of halogens is 1. The molecule has 0 bridgehead atoms. The normalized spacial score (nSPS) is 13.2. The summed E-state index contributed by atoms with van der Waals surface area (Å²) in [6, 6.07) is 6.18. The predicted molar refractivity (Wildman–Crippen MR) is 59.3 cm³/mol. The lowest BCUT2D eigenvalue weighted by Gasteiger charge is -2.01. The zero-order valence-electron chi connectivity index (χ0n) is 7.96. The van der Waals surface area contributed by atoms with Gasteiger partial charge in [0.2, 0.25) is 6.79 Å². The minimum Gasteiger partial charge on any atom is -0.454 e. The summed E-state index contributed by atoms with van der Waals surface area (Å²) in [5.41, 5.74) is 1.33. The van der Waals surface area contributed by atoms with Gasteiger partial charge in [-0.2, -0.15) is 0 Å². The zero-order chi connectivity index (χ0) is 9.80. The Labute approximate surface area is 92.3 Å². The molecule has 76 valence electrons. The van der Waals surface area contributed by atoms with E-state index in [-0.39, 0.29) is 0 Å². The van der Waals surface area contributed by atoms with Crippen LogP contribution >= 0.6 is 15.9 Å². The molecular weight excluding hydrogens is 244 g/mol. The van der Waals surface area contributed by atoms with Crippen LogP contribution < -0.4 is 9.47 Å². The number of benzene rings is 1. The fourth-order valence-electron chi connectivity index (χ4n) is 1.52. The molecule has 0 amide bonds. The minimum atomic E-state index is 0.361. The topological polar surface area (TPSA) is 18.5 Å². The number of ether oxygens (including phenoxy) is 2. The van der Waals surface area contributed by atoms with Gasteiger partial charge in [-0.15, -0.1) is 0 Å². The first kappa shape index (κ1) is 9.84. The Kier molecular flexibility index (Phi) is 3.30. The summed E-state index contributed by atoms with van der Waals surface area (Å²) in [6.45, 7) is 0.361. The highest BCUT2D eigenvalue weighted by molar-refractivity contribution is 9.09. The van der Waals surface area contributed by atoms with E-state index >= 15 is 0 Å². The standard InChI is InChI=1S/C11H13BrO2/c12-6-2-1-3-9-4-5-10-11(7-9)14-8-13-10/h4-5,7H,1-3,6,8H2. The minimum absolute atomic E-state index is 0.361. The highest BCUT2D eigenvalue weighted by Gasteiger charge is 2.12. The molecule has 1 aromatic rings. The van der Waals surface area contributed by atoms with E-state index in [1.807, 2.05) is 6.07 Å². The van der Waals surface area contributed by atoms with Gasteiger partial charge in [-0.3, -0.25) is 0 Å². The van der Waals surface area contributed by atoms with Gasteiger partial charge in [-0.25, -0.2) is 0 Å². The highest BCUT2D eigenvalue weighted by Crippen LogP contribution is 2.32. The fraction of sp³-hybridized carbons (Fsp3) is 0.455. The molecule has 1 heterocycles. The third kappa shape index (κ3) is 2.21.